The van der Waals surface area contributed by atoms with Crippen LogP contribution in [0.25, 0.3) is 0 Å². The average molecular weight is 364 g/mol. The Kier molecular flexibility index (Phi) is 5.14. The molecule has 0 bridgehead atoms. The van der Waals surface area contributed by atoms with Gasteiger partial charge in [0.15, 0.2) is 10.1 Å². The van der Waals surface area contributed by atoms with Crippen LogP contribution in [0.1, 0.15) is 16.4 Å². The maximum absolute atomic E-state index is 14.3. The van der Waals surface area contributed by atoms with Gasteiger partial charge < -0.3 is 4.55 Å². The van der Waals surface area contributed by atoms with Gasteiger partial charge in [0.05, 0.1) is 0 Å². The van der Waals surface area contributed by atoms with Gasteiger partial charge in [-0.2, -0.15) is 0 Å². The molecule has 3 rings (SSSR count). The summed E-state index contributed by atoms with van der Waals surface area (Å²) in [6.45, 7) is 0. The van der Waals surface area contributed by atoms with Crippen molar-refractivity contribution in [3.8, 4) is 0 Å². The van der Waals surface area contributed by atoms with Crippen molar-refractivity contribution < 1.29 is 13.3 Å². The third-order valence-corrected chi connectivity index (χ3v) is 5.43. The molecule has 0 fully saturated rings. The molecule has 6 heteroatoms. The minimum Gasteiger partial charge on any atom is -0.611 e. The van der Waals surface area contributed by atoms with Crippen LogP contribution in [0.2, 0.25) is 5.02 Å². The molecule has 0 spiro atoms. The molecular weight excluding hydrogens is 352 g/mol. The highest BCUT2D eigenvalue weighted by Gasteiger charge is 2.31. The molecule has 0 aliphatic heterocycles. The number of aromatic nitrogens is 1. The van der Waals surface area contributed by atoms with Gasteiger partial charge in [0, 0.05) is 28.5 Å². The Hall–Kier alpha value is -1.95. The monoisotopic (exact) mass is 363 g/mol. The van der Waals surface area contributed by atoms with Gasteiger partial charge in [-0.3, -0.25) is 4.98 Å². The molecule has 24 heavy (non-hydrogen) atoms. The summed E-state index contributed by atoms with van der Waals surface area (Å²) in [6, 6.07) is 12.9. The molecule has 122 valence electrons. The van der Waals surface area contributed by atoms with Gasteiger partial charge in [-0.25, -0.2) is 8.78 Å². The van der Waals surface area contributed by atoms with E-state index in [0.717, 1.165) is 18.2 Å². The van der Waals surface area contributed by atoms with Gasteiger partial charge >= 0.3 is 0 Å². The third kappa shape index (κ3) is 3.59. The quantitative estimate of drug-likeness (QED) is 0.617. The SMILES string of the molecule is [O-][S+](c1ccc(Cl)cc1)C(c1cccnc1)c1cc(F)ccc1F. The van der Waals surface area contributed by atoms with Gasteiger partial charge in [-0.1, -0.05) is 17.7 Å². The van der Waals surface area contributed by atoms with Crippen molar-refractivity contribution in [1.29, 1.82) is 0 Å². The highest BCUT2D eigenvalue weighted by atomic mass is 35.5. The van der Waals surface area contributed by atoms with Gasteiger partial charge in [-0.15, -0.1) is 0 Å². The molecule has 0 radical (unpaired) electrons. The van der Waals surface area contributed by atoms with Crippen LogP contribution in [0.4, 0.5) is 8.78 Å². The summed E-state index contributed by atoms with van der Waals surface area (Å²) in [6.07, 6.45) is 3.07. The summed E-state index contributed by atoms with van der Waals surface area (Å²) >= 11 is 4.20. The number of rotatable bonds is 4. The molecule has 2 unspecified atom stereocenters. The topological polar surface area (TPSA) is 36.0 Å². The molecule has 2 nitrogen and oxygen atoms in total. The van der Waals surface area contributed by atoms with Crippen molar-refractivity contribution in [2.24, 2.45) is 0 Å². The molecule has 1 heterocycles. The Balaban J connectivity index is 2.12. The second-order valence-corrected chi connectivity index (χ2v) is 7.06. The van der Waals surface area contributed by atoms with Crippen LogP contribution in [-0.2, 0) is 11.2 Å². The minimum atomic E-state index is -1.66. The molecule has 2 aromatic carbocycles. The zero-order chi connectivity index (χ0) is 17.1. The van der Waals surface area contributed by atoms with Crippen LogP contribution in [0.3, 0.4) is 0 Å². The molecule has 0 saturated heterocycles. The summed E-state index contributed by atoms with van der Waals surface area (Å²) in [7, 11) is 0. The lowest BCUT2D eigenvalue weighted by Crippen LogP contribution is -2.17. The maximum atomic E-state index is 14.3. The van der Waals surface area contributed by atoms with Crippen LogP contribution in [0.15, 0.2) is 71.9 Å². The Morgan fingerprint density at radius 2 is 1.79 bits per heavy atom. The smallest absolute Gasteiger partial charge is 0.175 e. The Morgan fingerprint density at radius 1 is 1.04 bits per heavy atom. The summed E-state index contributed by atoms with van der Waals surface area (Å²) in [4.78, 5) is 4.47. The van der Waals surface area contributed by atoms with E-state index in [1.807, 2.05) is 0 Å². The summed E-state index contributed by atoms with van der Waals surface area (Å²) in [5.74, 6) is -1.21. The standard InChI is InChI=1S/C18H12ClF2NOS/c19-13-3-6-15(7-4-13)24(23)18(12-2-1-9-22-11-12)16-10-14(20)5-8-17(16)21/h1-11,18H. The van der Waals surface area contributed by atoms with Crippen molar-refractivity contribution in [2.75, 3.05) is 0 Å². The van der Waals surface area contributed by atoms with Gasteiger partial charge in [0.25, 0.3) is 0 Å². The van der Waals surface area contributed by atoms with Crippen LogP contribution in [0, 0.1) is 11.6 Å². The first-order valence-electron chi connectivity index (χ1n) is 7.07. The van der Waals surface area contributed by atoms with Crippen LogP contribution >= 0.6 is 11.6 Å². The Morgan fingerprint density at radius 3 is 2.46 bits per heavy atom. The minimum absolute atomic E-state index is 0.0243. The second-order valence-electron chi connectivity index (χ2n) is 5.08. The Bertz CT molecular complexity index is 830. The number of halogens is 3. The van der Waals surface area contributed by atoms with Crippen molar-refractivity contribution in [3.05, 3.63) is 94.8 Å². The van der Waals surface area contributed by atoms with E-state index in [4.69, 9.17) is 11.6 Å². The van der Waals surface area contributed by atoms with E-state index in [9.17, 15) is 13.3 Å². The maximum Gasteiger partial charge on any atom is 0.175 e. The predicted octanol–water partition coefficient (Wildman–Crippen LogP) is 4.91. The fourth-order valence-electron chi connectivity index (χ4n) is 2.37. The van der Waals surface area contributed by atoms with Crippen LogP contribution in [0.5, 0.6) is 0 Å². The number of hydrogen-bond acceptors (Lipinski definition) is 2. The summed E-state index contributed by atoms with van der Waals surface area (Å²) in [5, 5.41) is -0.374. The Labute approximate surface area is 146 Å². The first-order chi connectivity index (χ1) is 11.6. The zero-order valence-corrected chi connectivity index (χ0v) is 13.9. The molecule has 2 atom stereocenters. The lowest BCUT2D eigenvalue weighted by Gasteiger charge is -2.22. The zero-order valence-electron chi connectivity index (χ0n) is 12.3. The van der Waals surface area contributed by atoms with Gasteiger partial charge in [0.1, 0.15) is 11.6 Å². The summed E-state index contributed by atoms with van der Waals surface area (Å²) in [5.41, 5.74) is 0.562. The largest absolute Gasteiger partial charge is 0.611 e. The number of pyridine rings is 1. The third-order valence-electron chi connectivity index (χ3n) is 3.49. The highest BCUT2D eigenvalue weighted by molar-refractivity contribution is 7.91. The first-order valence-corrected chi connectivity index (χ1v) is 8.66. The molecule has 3 aromatic rings. The predicted molar refractivity (Wildman–Crippen MR) is 90.3 cm³/mol. The van der Waals surface area contributed by atoms with E-state index >= 15 is 0 Å². The number of benzene rings is 2. The normalized spacial score (nSPS) is 13.5. The fraction of sp³-hybridized carbons (Fsp3) is 0.0556. The van der Waals surface area contributed by atoms with Crippen molar-refractivity contribution in [2.45, 2.75) is 10.1 Å². The van der Waals surface area contributed by atoms with Crippen molar-refractivity contribution >= 4 is 22.8 Å². The van der Waals surface area contributed by atoms with Crippen molar-refractivity contribution in [1.82, 2.24) is 4.98 Å². The molecule has 1 aromatic heterocycles. The van der Waals surface area contributed by atoms with E-state index in [1.54, 1.807) is 42.6 Å². The molecule has 0 aliphatic carbocycles. The average Bonchev–Trinajstić information content (AvgIpc) is 2.60. The van der Waals surface area contributed by atoms with E-state index in [2.05, 4.69) is 4.98 Å². The van der Waals surface area contributed by atoms with Gasteiger partial charge in [-0.05, 0) is 59.7 Å². The van der Waals surface area contributed by atoms with Crippen molar-refractivity contribution in [3.63, 3.8) is 0 Å². The van der Waals surface area contributed by atoms with E-state index in [-0.39, 0.29) is 5.56 Å². The number of nitrogens with zero attached hydrogens (tertiary/aromatic N) is 1. The summed E-state index contributed by atoms with van der Waals surface area (Å²) < 4.78 is 41.0. The van der Waals surface area contributed by atoms with E-state index < -0.39 is 28.1 Å². The highest BCUT2D eigenvalue weighted by Crippen LogP contribution is 2.36. The van der Waals surface area contributed by atoms with E-state index in [0.29, 0.717) is 15.5 Å². The molecule has 0 aliphatic rings. The molecule has 0 amide bonds. The molecular formula is C18H12ClF2NOS. The van der Waals surface area contributed by atoms with Crippen LogP contribution < -0.4 is 0 Å². The molecule has 0 N–H and O–H groups in total. The lowest BCUT2D eigenvalue weighted by atomic mass is 10.1. The number of hydrogen-bond donors (Lipinski definition) is 0. The lowest BCUT2D eigenvalue weighted by molar-refractivity contribution is 0.569. The molecule has 0 saturated carbocycles. The fourth-order valence-corrected chi connectivity index (χ4v) is 3.97. The second kappa shape index (κ2) is 7.30. The van der Waals surface area contributed by atoms with Gasteiger partial charge in [0.2, 0.25) is 0 Å². The first kappa shape index (κ1) is 16.9. The van der Waals surface area contributed by atoms with Crippen LogP contribution in [-0.4, -0.2) is 9.54 Å². The van der Waals surface area contributed by atoms with E-state index in [1.165, 1.54) is 6.20 Å².